The Morgan fingerprint density at radius 2 is 2.05 bits per heavy atom. The highest BCUT2D eigenvalue weighted by Crippen LogP contribution is 2.26. The van der Waals surface area contributed by atoms with E-state index in [0.717, 1.165) is 27.7 Å². The van der Waals surface area contributed by atoms with E-state index < -0.39 is 0 Å². The highest BCUT2D eigenvalue weighted by atomic mass is 15.3. The van der Waals surface area contributed by atoms with Gasteiger partial charge in [0.2, 0.25) is 0 Å². The van der Waals surface area contributed by atoms with Crippen LogP contribution in [0.25, 0.3) is 22.1 Å². The average Bonchev–Trinajstić information content (AvgIpc) is 3.05. The third-order valence-electron chi connectivity index (χ3n) is 3.53. The van der Waals surface area contributed by atoms with E-state index in [4.69, 9.17) is 0 Å². The van der Waals surface area contributed by atoms with Crippen LogP contribution in [-0.2, 0) is 7.05 Å². The fourth-order valence-electron chi connectivity index (χ4n) is 2.47. The first-order valence-electron chi connectivity index (χ1n) is 6.57. The van der Waals surface area contributed by atoms with E-state index in [1.165, 1.54) is 0 Å². The van der Waals surface area contributed by atoms with Gasteiger partial charge >= 0.3 is 0 Å². The van der Waals surface area contributed by atoms with E-state index in [1.54, 1.807) is 12.4 Å². The molecule has 3 aromatic heterocycles. The van der Waals surface area contributed by atoms with Crippen LogP contribution < -0.4 is 5.32 Å². The van der Waals surface area contributed by atoms with Crippen molar-refractivity contribution in [3.8, 4) is 0 Å². The Morgan fingerprint density at radius 3 is 2.95 bits per heavy atom. The van der Waals surface area contributed by atoms with E-state index in [0.29, 0.717) is 11.5 Å². The normalized spacial score (nSPS) is 11.3. The highest BCUT2D eigenvalue weighted by molar-refractivity contribution is 5.89. The molecular formula is C14H13N7. The second kappa shape index (κ2) is 4.27. The van der Waals surface area contributed by atoms with Crippen molar-refractivity contribution in [2.24, 2.45) is 7.05 Å². The van der Waals surface area contributed by atoms with Crippen LogP contribution >= 0.6 is 0 Å². The van der Waals surface area contributed by atoms with Crippen molar-refractivity contribution in [1.29, 1.82) is 0 Å². The molecule has 7 heteroatoms. The van der Waals surface area contributed by atoms with Crippen LogP contribution in [0.1, 0.15) is 5.56 Å². The van der Waals surface area contributed by atoms with Crippen molar-refractivity contribution in [2.75, 3.05) is 5.32 Å². The second-order valence-electron chi connectivity index (χ2n) is 4.94. The van der Waals surface area contributed by atoms with E-state index >= 15 is 0 Å². The van der Waals surface area contributed by atoms with Gasteiger partial charge in [-0.05, 0) is 24.6 Å². The molecule has 0 aliphatic carbocycles. The fourth-order valence-corrected chi connectivity index (χ4v) is 2.47. The fraction of sp³-hybridized carbons (Fsp3) is 0.143. The quantitative estimate of drug-likeness (QED) is 0.588. The molecule has 0 bridgehead atoms. The van der Waals surface area contributed by atoms with Gasteiger partial charge in [-0.15, -0.1) is 0 Å². The summed E-state index contributed by atoms with van der Waals surface area (Å²) in [6, 6.07) is 4.12. The molecule has 0 aliphatic rings. The maximum absolute atomic E-state index is 4.29. The lowest BCUT2D eigenvalue weighted by Crippen LogP contribution is -1.95. The minimum Gasteiger partial charge on any atom is -0.337 e. The lowest BCUT2D eigenvalue weighted by atomic mass is 10.1. The van der Waals surface area contributed by atoms with Crippen molar-refractivity contribution in [1.82, 2.24) is 29.9 Å². The molecule has 3 heterocycles. The van der Waals surface area contributed by atoms with Crippen LogP contribution in [0.2, 0.25) is 0 Å². The zero-order valence-corrected chi connectivity index (χ0v) is 11.6. The largest absolute Gasteiger partial charge is 0.337 e. The van der Waals surface area contributed by atoms with E-state index in [2.05, 4.69) is 43.6 Å². The first kappa shape index (κ1) is 11.8. The number of anilines is 2. The molecule has 0 spiro atoms. The number of hydrogen-bond donors (Lipinski definition) is 2. The number of hydrogen-bond acceptors (Lipinski definition) is 5. The molecule has 0 amide bonds. The standard InChI is InChI=1S/C14H13N7/c1-8-5-9(6-11-10(8)7-17-21(11)2)18-14-12-13(19-20-14)16-4-3-15-12/h3-7H,1-2H3,(H2,16,18,19,20). The van der Waals surface area contributed by atoms with Crippen LogP contribution in [0.15, 0.2) is 30.7 Å². The number of aromatic nitrogens is 6. The van der Waals surface area contributed by atoms with Crippen molar-refractivity contribution in [2.45, 2.75) is 6.92 Å². The maximum Gasteiger partial charge on any atom is 0.180 e. The first-order chi connectivity index (χ1) is 10.2. The van der Waals surface area contributed by atoms with Crippen molar-refractivity contribution in [3.05, 3.63) is 36.3 Å². The number of aromatic amines is 1. The molecular weight excluding hydrogens is 266 g/mol. The Kier molecular flexibility index (Phi) is 2.41. The lowest BCUT2D eigenvalue weighted by molar-refractivity contribution is 0.797. The van der Waals surface area contributed by atoms with Gasteiger partial charge in [0.05, 0.1) is 11.7 Å². The molecule has 0 unspecified atom stereocenters. The summed E-state index contributed by atoms with van der Waals surface area (Å²) in [7, 11) is 1.93. The summed E-state index contributed by atoms with van der Waals surface area (Å²) in [5, 5.41) is 15.8. The number of aryl methyl sites for hydroxylation is 2. The molecule has 4 rings (SSSR count). The Morgan fingerprint density at radius 1 is 1.19 bits per heavy atom. The Bertz CT molecular complexity index is 950. The first-order valence-corrected chi connectivity index (χ1v) is 6.57. The predicted octanol–water partition coefficient (Wildman–Crippen LogP) is 2.29. The molecule has 0 radical (unpaired) electrons. The molecule has 1 aromatic carbocycles. The summed E-state index contributed by atoms with van der Waals surface area (Å²) >= 11 is 0. The van der Waals surface area contributed by atoms with Crippen LogP contribution in [0.5, 0.6) is 0 Å². The highest BCUT2D eigenvalue weighted by Gasteiger charge is 2.10. The van der Waals surface area contributed by atoms with Gasteiger partial charge in [0.1, 0.15) is 0 Å². The number of H-pyrrole nitrogens is 1. The Hall–Kier alpha value is -2.96. The monoisotopic (exact) mass is 279 g/mol. The molecule has 0 saturated carbocycles. The zero-order chi connectivity index (χ0) is 14.4. The smallest absolute Gasteiger partial charge is 0.180 e. The van der Waals surface area contributed by atoms with E-state index in [9.17, 15) is 0 Å². The summed E-state index contributed by atoms with van der Waals surface area (Å²) in [6.45, 7) is 2.07. The van der Waals surface area contributed by atoms with Crippen LogP contribution in [-0.4, -0.2) is 29.9 Å². The minimum atomic E-state index is 0.665. The van der Waals surface area contributed by atoms with Crippen LogP contribution in [0.4, 0.5) is 11.5 Å². The Balaban J connectivity index is 1.82. The van der Waals surface area contributed by atoms with Crippen LogP contribution in [0, 0.1) is 6.92 Å². The summed E-state index contributed by atoms with van der Waals surface area (Å²) in [6.07, 6.45) is 5.17. The van der Waals surface area contributed by atoms with Gasteiger partial charge in [-0.3, -0.25) is 9.78 Å². The lowest BCUT2D eigenvalue weighted by Gasteiger charge is -2.06. The van der Waals surface area contributed by atoms with Gasteiger partial charge in [0.15, 0.2) is 17.0 Å². The van der Waals surface area contributed by atoms with Gasteiger partial charge < -0.3 is 5.32 Å². The molecule has 4 aromatic rings. The molecule has 0 atom stereocenters. The summed E-state index contributed by atoms with van der Waals surface area (Å²) in [5.74, 6) is 0.666. The topological polar surface area (TPSA) is 84.3 Å². The maximum atomic E-state index is 4.29. The SMILES string of the molecule is Cc1cc(Nc2n[nH]c3nccnc23)cc2c1cnn2C. The van der Waals surface area contributed by atoms with E-state index in [1.807, 2.05) is 24.0 Å². The van der Waals surface area contributed by atoms with Gasteiger partial charge in [-0.1, -0.05) is 0 Å². The van der Waals surface area contributed by atoms with Crippen molar-refractivity contribution >= 4 is 33.6 Å². The van der Waals surface area contributed by atoms with Crippen molar-refractivity contribution < 1.29 is 0 Å². The molecule has 0 aliphatic heterocycles. The second-order valence-corrected chi connectivity index (χ2v) is 4.94. The van der Waals surface area contributed by atoms with E-state index in [-0.39, 0.29) is 0 Å². The molecule has 2 N–H and O–H groups in total. The summed E-state index contributed by atoms with van der Waals surface area (Å²) in [4.78, 5) is 8.48. The summed E-state index contributed by atoms with van der Waals surface area (Å²) < 4.78 is 1.86. The van der Waals surface area contributed by atoms with Gasteiger partial charge in [-0.25, -0.2) is 9.97 Å². The number of nitrogens with zero attached hydrogens (tertiary/aromatic N) is 5. The van der Waals surface area contributed by atoms with Gasteiger partial charge in [0, 0.05) is 30.5 Å². The molecule has 0 saturated heterocycles. The molecule has 7 nitrogen and oxygen atoms in total. The predicted molar refractivity (Wildman–Crippen MR) is 80.4 cm³/mol. The van der Waals surface area contributed by atoms with Gasteiger partial charge in [-0.2, -0.15) is 10.2 Å². The number of nitrogens with one attached hydrogen (secondary N) is 2. The number of benzene rings is 1. The van der Waals surface area contributed by atoms with Crippen molar-refractivity contribution in [3.63, 3.8) is 0 Å². The zero-order valence-electron chi connectivity index (χ0n) is 11.6. The van der Waals surface area contributed by atoms with Gasteiger partial charge in [0.25, 0.3) is 0 Å². The molecule has 0 fully saturated rings. The van der Waals surface area contributed by atoms with Crippen LogP contribution in [0.3, 0.4) is 0 Å². The third kappa shape index (κ3) is 1.82. The third-order valence-corrected chi connectivity index (χ3v) is 3.53. The number of fused-ring (bicyclic) bond motifs is 2. The molecule has 21 heavy (non-hydrogen) atoms. The summed E-state index contributed by atoms with van der Waals surface area (Å²) in [5.41, 5.74) is 4.57. The minimum absolute atomic E-state index is 0.665. The number of rotatable bonds is 2. The Labute approximate surface area is 120 Å². The molecule has 104 valence electrons. The average molecular weight is 279 g/mol.